The number of benzene rings is 1. The summed E-state index contributed by atoms with van der Waals surface area (Å²) < 4.78 is 12.7. The number of Topliss-reactive ketones (excluding diaryl/α,β-unsaturated/α-hetero) is 1. The third-order valence-electron chi connectivity index (χ3n) is 4.00. The molecule has 24 heavy (non-hydrogen) atoms. The minimum Gasteiger partial charge on any atom is -0.294 e. The molecule has 1 aromatic carbocycles. The molecule has 0 spiro atoms. The Morgan fingerprint density at radius 1 is 1.08 bits per heavy atom. The maximum atomic E-state index is 12.7. The Hall–Kier alpha value is -1.48. The second kappa shape index (κ2) is 9.12. The highest BCUT2D eigenvalue weighted by Crippen LogP contribution is 2.29. The second-order valence-corrected chi connectivity index (χ2v) is 8.84. The summed E-state index contributed by atoms with van der Waals surface area (Å²) in [6.45, 7) is 12.1. The van der Waals surface area contributed by atoms with E-state index in [9.17, 15) is 9.00 Å². The number of aryl methyl sites for hydroxylation is 1. The lowest BCUT2D eigenvalue weighted by Crippen LogP contribution is -2.12. The van der Waals surface area contributed by atoms with Gasteiger partial charge in [-0.15, -0.1) is 0 Å². The normalized spacial score (nSPS) is 13.5. The van der Waals surface area contributed by atoms with Gasteiger partial charge in [-0.2, -0.15) is 0 Å². The molecule has 0 aliphatic rings. The molecule has 0 aliphatic heterocycles. The first kappa shape index (κ1) is 20.6. The van der Waals surface area contributed by atoms with E-state index in [2.05, 4.69) is 33.8 Å². The molecule has 0 saturated heterocycles. The van der Waals surface area contributed by atoms with Crippen molar-refractivity contribution in [2.24, 2.45) is 5.41 Å². The minimum absolute atomic E-state index is 0.0735. The summed E-state index contributed by atoms with van der Waals surface area (Å²) in [7, 11) is -1.41. The number of hydrogen-bond acceptors (Lipinski definition) is 2. The van der Waals surface area contributed by atoms with E-state index in [0.717, 1.165) is 24.8 Å². The van der Waals surface area contributed by atoms with Crippen molar-refractivity contribution in [3.63, 3.8) is 0 Å². The second-order valence-electron chi connectivity index (χ2n) is 7.39. The molecule has 0 fully saturated rings. The molecule has 0 saturated carbocycles. The van der Waals surface area contributed by atoms with Gasteiger partial charge in [0.05, 0.1) is 15.7 Å². The summed E-state index contributed by atoms with van der Waals surface area (Å²) in [6, 6.07) is 7.52. The SMILES string of the molecule is CC(=O)/C(=C\CC(C)(C)CCC=C(C)C)S(=O)c1ccc(C)cc1. The van der Waals surface area contributed by atoms with Gasteiger partial charge in [0.2, 0.25) is 0 Å². The van der Waals surface area contributed by atoms with E-state index in [0.29, 0.717) is 9.80 Å². The van der Waals surface area contributed by atoms with Crippen LogP contribution < -0.4 is 0 Å². The molecule has 2 nitrogen and oxygen atoms in total. The molecule has 1 unspecified atom stereocenters. The van der Waals surface area contributed by atoms with Crippen LogP contribution in [0.2, 0.25) is 0 Å². The molecule has 0 radical (unpaired) electrons. The fraction of sp³-hybridized carbons (Fsp3) is 0.476. The molecule has 0 aliphatic carbocycles. The Morgan fingerprint density at radius 3 is 2.17 bits per heavy atom. The van der Waals surface area contributed by atoms with Gasteiger partial charge in [0, 0.05) is 4.90 Å². The fourth-order valence-corrected chi connectivity index (χ4v) is 3.49. The number of ketones is 1. The summed E-state index contributed by atoms with van der Waals surface area (Å²) in [6.07, 6.45) is 6.93. The van der Waals surface area contributed by atoms with Gasteiger partial charge in [-0.05, 0) is 64.5 Å². The Bertz CT molecular complexity index is 645. The van der Waals surface area contributed by atoms with Crippen molar-refractivity contribution < 1.29 is 9.00 Å². The summed E-state index contributed by atoms with van der Waals surface area (Å²) >= 11 is 0. The van der Waals surface area contributed by atoms with Crippen LogP contribution in [0.25, 0.3) is 0 Å². The summed E-state index contributed by atoms with van der Waals surface area (Å²) in [4.78, 5) is 13.1. The standard InChI is InChI=1S/C21H30O2S/c1-16(2)8-7-14-21(5,6)15-13-20(18(4)22)24(23)19-11-9-17(3)10-12-19/h8-13H,7,14-15H2,1-6H3/b20-13+. The van der Waals surface area contributed by atoms with Gasteiger partial charge >= 0.3 is 0 Å². The van der Waals surface area contributed by atoms with Gasteiger partial charge in [0.1, 0.15) is 0 Å². The molecular formula is C21H30O2S. The molecule has 3 heteroatoms. The van der Waals surface area contributed by atoms with Crippen molar-refractivity contribution in [1.29, 1.82) is 0 Å². The Kier molecular flexibility index (Phi) is 7.82. The topological polar surface area (TPSA) is 34.1 Å². The van der Waals surface area contributed by atoms with Crippen molar-refractivity contribution in [2.75, 3.05) is 0 Å². The van der Waals surface area contributed by atoms with Crippen LogP contribution in [0.15, 0.2) is 51.8 Å². The van der Waals surface area contributed by atoms with Crippen LogP contribution in [-0.2, 0) is 15.6 Å². The van der Waals surface area contributed by atoms with Gasteiger partial charge in [-0.1, -0.05) is 49.3 Å². The lowest BCUT2D eigenvalue weighted by atomic mass is 9.84. The van der Waals surface area contributed by atoms with Crippen LogP contribution >= 0.6 is 0 Å². The summed E-state index contributed by atoms with van der Waals surface area (Å²) in [5.74, 6) is -0.117. The van der Waals surface area contributed by atoms with E-state index in [1.54, 1.807) is 0 Å². The van der Waals surface area contributed by atoms with E-state index in [4.69, 9.17) is 0 Å². The van der Waals surface area contributed by atoms with Crippen LogP contribution in [0.4, 0.5) is 0 Å². The van der Waals surface area contributed by atoms with E-state index in [-0.39, 0.29) is 11.2 Å². The molecule has 1 atom stereocenters. The number of carbonyl (C=O) groups is 1. The molecule has 0 bridgehead atoms. The zero-order chi connectivity index (χ0) is 18.3. The number of rotatable bonds is 8. The van der Waals surface area contributed by atoms with Gasteiger partial charge in [-0.25, -0.2) is 4.21 Å². The smallest absolute Gasteiger partial charge is 0.168 e. The van der Waals surface area contributed by atoms with E-state index in [1.807, 2.05) is 37.3 Å². The zero-order valence-electron chi connectivity index (χ0n) is 15.8. The third-order valence-corrected chi connectivity index (χ3v) is 5.55. The summed E-state index contributed by atoms with van der Waals surface area (Å²) in [5, 5.41) is 0. The van der Waals surface area contributed by atoms with Crippen LogP contribution in [0.1, 0.15) is 59.4 Å². The highest BCUT2D eigenvalue weighted by molar-refractivity contribution is 7.90. The van der Waals surface area contributed by atoms with E-state index in [1.165, 1.54) is 12.5 Å². The summed E-state index contributed by atoms with van der Waals surface area (Å²) in [5.41, 5.74) is 2.51. The highest BCUT2D eigenvalue weighted by Gasteiger charge is 2.19. The van der Waals surface area contributed by atoms with E-state index >= 15 is 0 Å². The van der Waals surface area contributed by atoms with Crippen LogP contribution in [0, 0.1) is 12.3 Å². The van der Waals surface area contributed by atoms with Gasteiger partial charge in [-0.3, -0.25) is 4.79 Å². The van der Waals surface area contributed by atoms with Crippen molar-refractivity contribution in [3.05, 3.63) is 52.5 Å². The van der Waals surface area contributed by atoms with Crippen LogP contribution in [0.3, 0.4) is 0 Å². The molecule has 0 aromatic heterocycles. The van der Waals surface area contributed by atoms with Gasteiger partial charge in [0.25, 0.3) is 0 Å². The first-order chi connectivity index (χ1) is 11.1. The quantitative estimate of drug-likeness (QED) is 0.444. The lowest BCUT2D eigenvalue weighted by molar-refractivity contribution is -0.113. The first-order valence-electron chi connectivity index (χ1n) is 8.45. The van der Waals surface area contributed by atoms with Crippen LogP contribution in [0.5, 0.6) is 0 Å². The monoisotopic (exact) mass is 346 g/mol. The average Bonchev–Trinajstić information content (AvgIpc) is 2.46. The number of allylic oxidation sites excluding steroid dienone is 4. The Balaban J connectivity index is 2.89. The van der Waals surface area contributed by atoms with Crippen molar-refractivity contribution in [1.82, 2.24) is 0 Å². The minimum atomic E-state index is -1.41. The molecule has 0 N–H and O–H groups in total. The first-order valence-corrected chi connectivity index (χ1v) is 9.60. The largest absolute Gasteiger partial charge is 0.294 e. The predicted molar refractivity (Wildman–Crippen MR) is 103 cm³/mol. The van der Waals surface area contributed by atoms with E-state index < -0.39 is 10.8 Å². The van der Waals surface area contributed by atoms with Crippen LogP contribution in [-0.4, -0.2) is 9.99 Å². The molecule has 0 amide bonds. The zero-order valence-corrected chi connectivity index (χ0v) is 16.6. The molecule has 1 aromatic rings. The molecule has 132 valence electrons. The van der Waals surface area contributed by atoms with Crippen molar-refractivity contribution >= 4 is 16.6 Å². The molecule has 0 heterocycles. The predicted octanol–water partition coefficient (Wildman–Crippen LogP) is 5.74. The van der Waals surface area contributed by atoms with Gasteiger partial charge in [0.15, 0.2) is 5.78 Å². The highest BCUT2D eigenvalue weighted by atomic mass is 32.2. The maximum Gasteiger partial charge on any atom is 0.168 e. The Morgan fingerprint density at radius 2 is 1.67 bits per heavy atom. The fourth-order valence-electron chi connectivity index (χ4n) is 2.36. The third kappa shape index (κ3) is 6.96. The maximum absolute atomic E-state index is 12.7. The number of carbonyl (C=O) groups excluding carboxylic acids is 1. The van der Waals surface area contributed by atoms with Crippen molar-refractivity contribution in [2.45, 2.75) is 65.7 Å². The molecule has 1 rings (SSSR count). The Labute approximate surface area is 149 Å². The average molecular weight is 347 g/mol. The molecular weight excluding hydrogens is 316 g/mol. The van der Waals surface area contributed by atoms with Crippen molar-refractivity contribution in [3.8, 4) is 0 Å². The number of hydrogen-bond donors (Lipinski definition) is 0. The van der Waals surface area contributed by atoms with Gasteiger partial charge < -0.3 is 0 Å². The lowest BCUT2D eigenvalue weighted by Gasteiger charge is -2.22.